The quantitative estimate of drug-likeness (QED) is 0.404. The zero-order chi connectivity index (χ0) is 26.8. The van der Waals surface area contributed by atoms with Gasteiger partial charge in [-0.15, -0.1) is 0 Å². The molecule has 1 aromatic carbocycles. The number of benzene rings is 1. The fraction of sp³-hybridized carbons (Fsp3) is 0.621. The first kappa shape index (κ1) is 28.1. The van der Waals surface area contributed by atoms with Gasteiger partial charge in [-0.2, -0.15) is 0 Å². The Labute approximate surface area is 225 Å². The number of ether oxygens (including phenoxy) is 1. The number of nitrogens with one attached hydrogen (secondary N) is 3. The van der Waals surface area contributed by atoms with Crippen LogP contribution in [0.25, 0.3) is 0 Å². The molecule has 1 aromatic heterocycles. The second-order valence-electron chi connectivity index (χ2n) is 10.7. The lowest BCUT2D eigenvalue weighted by molar-refractivity contribution is -0.149. The number of aromatic nitrogens is 2. The van der Waals surface area contributed by atoms with Gasteiger partial charge in [-0.05, 0) is 55.7 Å². The standard InChI is InChI=1S/C29H42FN5O3/c1-2-18-38-29(23-6-4-3-5-7-23)13-16-35(17-14-29)27(36)26(19-22-8-10-24(30)11-9-22)34-28(37)32-15-12-25-20-31-21-33-25/h8-11,20-21,23,26H,2-7,12-19H2,1H3,(H,31,33)(H2,32,34,37)/t26-/m1/s1. The molecule has 1 saturated carbocycles. The molecule has 38 heavy (non-hydrogen) atoms. The topological polar surface area (TPSA) is 99.3 Å². The molecular formula is C29H42FN5O3. The van der Waals surface area contributed by atoms with E-state index in [2.05, 4.69) is 27.5 Å². The van der Waals surface area contributed by atoms with E-state index in [-0.39, 0.29) is 17.3 Å². The minimum Gasteiger partial charge on any atom is -0.375 e. The number of carbonyl (C=O) groups excluding carboxylic acids is 2. The van der Waals surface area contributed by atoms with Crippen LogP contribution < -0.4 is 10.6 Å². The number of aromatic amines is 1. The smallest absolute Gasteiger partial charge is 0.315 e. The van der Waals surface area contributed by atoms with Crippen LogP contribution in [0.15, 0.2) is 36.8 Å². The molecule has 1 saturated heterocycles. The van der Waals surface area contributed by atoms with Crippen molar-refractivity contribution in [3.63, 3.8) is 0 Å². The Bertz CT molecular complexity index is 1000. The number of carbonyl (C=O) groups is 2. The van der Waals surface area contributed by atoms with Gasteiger partial charge in [0.25, 0.3) is 0 Å². The van der Waals surface area contributed by atoms with Gasteiger partial charge in [-0.3, -0.25) is 4.79 Å². The largest absolute Gasteiger partial charge is 0.375 e. The fourth-order valence-corrected chi connectivity index (χ4v) is 5.93. The van der Waals surface area contributed by atoms with E-state index in [1.165, 1.54) is 44.2 Å². The number of imidazole rings is 1. The summed E-state index contributed by atoms with van der Waals surface area (Å²) >= 11 is 0. The SMILES string of the molecule is CCCOC1(C2CCCCC2)CCN(C(=O)[C@@H](Cc2ccc(F)cc2)NC(=O)NCCc2cnc[nH]2)CC1. The number of urea groups is 1. The third-order valence-electron chi connectivity index (χ3n) is 8.06. The maximum Gasteiger partial charge on any atom is 0.315 e. The van der Waals surface area contributed by atoms with E-state index in [1.807, 2.05) is 4.90 Å². The maximum absolute atomic E-state index is 13.7. The van der Waals surface area contributed by atoms with Crippen LogP contribution in [0.2, 0.25) is 0 Å². The molecule has 9 heteroatoms. The van der Waals surface area contributed by atoms with Crippen LogP contribution in [0.1, 0.15) is 69.5 Å². The first-order valence-corrected chi connectivity index (χ1v) is 14.2. The van der Waals surface area contributed by atoms with Gasteiger partial charge < -0.3 is 25.3 Å². The van der Waals surface area contributed by atoms with Crippen molar-refractivity contribution >= 4 is 11.9 Å². The monoisotopic (exact) mass is 527 g/mol. The van der Waals surface area contributed by atoms with E-state index in [1.54, 1.807) is 24.7 Å². The molecule has 0 spiro atoms. The number of piperidine rings is 1. The zero-order valence-corrected chi connectivity index (χ0v) is 22.5. The molecule has 0 radical (unpaired) electrons. The van der Waals surface area contributed by atoms with Crippen molar-refractivity contribution in [2.24, 2.45) is 5.92 Å². The number of hydrogen-bond acceptors (Lipinski definition) is 4. The van der Waals surface area contributed by atoms with Gasteiger partial charge in [0, 0.05) is 51.0 Å². The first-order valence-electron chi connectivity index (χ1n) is 14.2. The van der Waals surface area contributed by atoms with Crippen molar-refractivity contribution in [2.75, 3.05) is 26.2 Å². The molecule has 4 rings (SSSR count). The van der Waals surface area contributed by atoms with Crippen molar-refractivity contribution in [3.8, 4) is 0 Å². The third-order valence-corrected chi connectivity index (χ3v) is 8.06. The highest BCUT2D eigenvalue weighted by molar-refractivity contribution is 5.87. The average Bonchev–Trinajstić information content (AvgIpc) is 3.47. The number of hydrogen-bond donors (Lipinski definition) is 3. The number of rotatable bonds is 11. The number of amides is 3. The van der Waals surface area contributed by atoms with Gasteiger partial charge in [0.1, 0.15) is 11.9 Å². The fourth-order valence-electron chi connectivity index (χ4n) is 5.93. The molecule has 2 heterocycles. The Morgan fingerprint density at radius 3 is 2.58 bits per heavy atom. The summed E-state index contributed by atoms with van der Waals surface area (Å²) in [4.78, 5) is 35.3. The number of halogens is 1. The van der Waals surface area contributed by atoms with Crippen LogP contribution in [-0.4, -0.2) is 64.7 Å². The highest BCUT2D eigenvalue weighted by Gasteiger charge is 2.44. The van der Waals surface area contributed by atoms with Crippen molar-refractivity contribution in [2.45, 2.75) is 82.8 Å². The molecule has 2 aromatic rings. The van der Waals surface area contributed by atoms with Crippen molar-refractivity contribution in [1.82, 2.24) is 25.5 Å². The van der Waals surface area contributed by atoms with Gasteiger partial charge in [0.15, 0.2) is 0 Å². The molecule has 2 fully saturated rings. The molecule has 1 atom stereocenters. The van der Waals surface area contributed by atoms with Crippen LogP contribution in [0.5, 0.6) is 0 Å². The molecule has 0 bridgehead atoms. The van der Waals surface area contributed by atoms with Gasteiger partial charge in [-0.25, -0.2) is 14.2 Å². The highest BCUT2D eigenvalue weighted by Crippen LogP contribution is 2.42. The lowest BCUT2D eigenvalue weighted by atomic mass is 9.72. The Kier molecular flexibility index (Phi) is 10.1. The Morgan fingerprint density at radius 1 is 1.18 bits per heavy atom. The van der Waals surface area contributed by atoms with E-state index >= 15 is 0 Å². The van der Waals surface area contributed by atoms with Crippen LogP contribution in [-0.2, 0) is 22.4 Å². The zero-order valence-electron chi connectivity index (χ0n) is 22.5. The van der Waals surface area contributed by atoms with E-state index in [9.17, 15) is 14.0 Å². The number of nitrogens with zero attached hydrogens (tertiary/aromatic N) is 2. The minimum atomic E-state index is -0.744. The Morgan fingerprint density at radius 2 is 1.92 bits per heavy atom. The van der Waals surface area contributed by atoms with Gasteiger partial charge in [0.2, 0.25) is 5.91 Å². The van der Waals surface area contributed by atoms with Crippen LogP contribution in [0, 0.1) is 11.7 Å². The van der Waals surface area contributed by atoms with E-state index in [0.29, 0.717) is 38.4 Å². The molecular weight excluding hydrogens is 485 g/mol. The van der Waals surface area contributed by atoms with Gasteiger partial charge >= 0.3 is 6.03 Å². The minimum absolute atomic E-state index is 0.106. The average molecular weight is 528 g/mol. The first-order chi connectivity index (χ1) is 18.5. The molecule has 1 aliphatic heterocycles. The maximum atomic E-state index is 13.7. The second-order valence-corrected chi connectivity index (χ2v) is 10.7. The summed E-state index contributed by atoms with van der Waals surface area (Å²) in [5.41, 5.74) is 1.56. The summed E-state index contributed by atoms with van der Waals surface area (Å²) in [7, 11) is 0. The summed E-state index contributed by atoms with van der Waals surface area (Å²) in [5.74, 6) is 0.114. The molecule has 3 N–H and O–H groups in total. The van der Waals surface area contributed by atoms with E-state index < -0.39 is 12.1 Å². The lowest BCUT2D eigenvalue weighted by Gasteiger charge is -2.48. The van der Waals surface area contributed by atoms with Crippen LogP contribution >= 0.6 is 0 Å². The van der Waals surface area contributed by atoms with Crippen molar-refractivity contribution in [3.05, 3.63) is 53.9 Å². The van der Waals surface area contributed by atoms with Crippen LogP contribution in [0.4, 0.5) is 9.18 Å². The summed E-state index contributed by atoms with van der Waals surface area (Å²) in [5, 5.41) is 5.72. The predicted molar refractivity (Wildman–Crippen MR) is 144 cm³/mol. The normalized spacial score (nSPS) is 18.6. The Balaban J connectivity index is 1.39. The summed E-state index contributed by atoms with van der Waals surface area (Å²) < 4.78 is 20.0. The molecule has 8 nitrogen and oxygen atoms in total. The summed E-state index contributed by atoms with van der Waals surface area (Å²) in [6.07, 6.45) is 13.1. The highest BCUT2D eigenvalue weighted by atomic mass is 19.1. The second kappa shape index (κ2) is 13.7. The predicted octanol–water partition coefficient (Wildman–Crippen LogP) is 4.37. The molecule has 3 amide bonds. The molecule has 208 valence electrons. The van der Waals surface area contributed by atoms with Crippen molar-refractivity contribution in [1.29, 1.82) is 0 Å². The summed E-state index contributed by atoms with van der Waals surface area (Å²) in [6, 6.07) is 4.95. The molecule has 0 unspecified atom stereocenters. The molecule has 2 aliphatic rings. The van der Waals surface area contributed by atoms with E-state index in [0.717, 1.165) is 37.1 Å². The number of likely N-dealkylation sites (tertiary alicyclic amines) is 1. The van der Waals surface area contributed by atoms with Gasteiger partial charge in [-0.1, -0.05) is 38.3 Å². The van der Waals surface area contributed by atoms with Crippen molar-refractivity contribution < 1.29 is 18.7 Å². The van der Waals surface area contributed by atoms with E-state index in [4.69, 9.17) is 4.74 Å². The third kappa shape index (κ3) is 7.56. The lowest BCUT2D eigenvalue weighted by Crippen LogP contribution is -2.57. The van der Waals surface area contributed by atoms with Gasteiger partial charge in [0.05, 0.1) is 11.9 Å². The number of H-pyrrole nitrogens is 1. The van der Waals surface area contributed by atoms with Crippen LogP contribution in [0.3, 0.4) is 0 Å². The summed E-state index contributed by atoms with van der Waals surface area (Å²) in [6.45, 7) is 4.52. The molecule has 1 aliphatic carbocycles. The Hall–Kier alpha value is -2.94.